The van der Waals surface area contributed by atoms with Crippen LogP contribution in [0.1, 0.15) is 63.4 Å². The zero-order valence-electron chi connectivity index (χ0n) is 33.0. The second-order valence-electron chi connectivity index (χ2n) is 16.1. The third-order valence-electron chi connectivity index (χ3n) is 9.68. The van der Waals surface area contributed by atoms with Crippen molar-refractivity contribution < 1.29 is 51.9 Å². The molecule has 0 aromatic heterocycles. The molecule has 0 bridgehead atoms. The average molecular weight is 815 g/mol. The predicted molar refractivity (Wildman–Crippen MR) is 214 cm³/mol. The van der Waals surface area contributed by atoms with Gasteiger partial charge in [0.1, 0.15) is 35.1 Å². The molecule has 0 unspecified atom stereocenters. The molecule has 4 aromatic carbocycles. The largest absolute Gasteiger partial charge is 0.482 e. The van der Waals surface area contributed by atoms with Crippen LogP contribution in [0, 0.1) is 11.2 Å². The van der Waals surface area contributed by atoms with Crippen LogP contribution >= 0.6 is 11.8 Å². The molecular formula is C44H47FN2O10S. The summed E-state index contributed by atoms with van der Waals surface area (Å²) < 4.78 is 55.4. The molecule has 4 aromatic rings. The molecule has 2 amide bonds. The van der Waals surface area contributed by atoms with Crippen molar-refractivity contribution in [2.45, 2.75) is 63.3 Å². The van der Waals surface area contributed by atoms with Gasteiger partial charge in [0.15, 0.2) is 18.1 Å². The van der Waals surface area contributed by atoms with Gasteiger partial charge in [0, 0.05) is 16.7 Å². The van der Waals surface area contributed by atoms with Crippen LogP contribution in [0.4, 0.5) is 14.9 Å². The Hall–Kier alpha value is -5.31. The van der Waals surface area contributed by atoms with Gasteiger partial charge in [0.25, 0.3) is 0 Å². The second-order valence-corrected chi connectivity index (χ2v) is 17.2. The summed E-state index contributed by atoms with van der Waals surface area (Å²) in [5.74, 6) is -1.16. The molecule has 3 aliphatic heterocycles. The number of carbonyl (C=O) groups is 3. The van der Waals surface area contributed by atoms with Crippen molar-refractivity contribution in [2.75, 3.05) is 44.3 Å². The number of benzene rings is 4. The van der Waals surface area contributed by atoms with Crippen LogP contribution < -0.4 is 19.5 Å². The molecule has 2 saturated heterocycles. The maximum Gasteiger partial charge on any atom is 0.417 e. The second kappa shape index (κ2) is 16.9. The van der Waals surface area contributed by atoms with Gasteiger partial charge < -0.3 is 38.5 Å². The highest BCUT2D eigenvalue weighted by atomic mass is 32.2. The first-order valence-corrected chi connectivity index (χ1v) is 20.0. The summed E-state index contributed by atoms with van der Waals surface area (Å²) in [5.41, 5.74) is 1.60. The van der Waals surface area contributed by atoms with Crippen LogP contribution in [0.2, 0.25) is 0 Å². The van der Waals surface area contributed by atoms with Gasteiger partial charge in [0.2, 0.25) is 18.5 Å². The van der Waals surface area contributed by atoms with E-state index in [2.05, 4.69) is 5.32 Å². The molecule has 12 nitrogen and oxygen atoms in total. The first-order chi connectivity index (χ1) is 27.7. The van der Waals surface area contributed by atoms with E-state index < -0.39 is 52.5 Å². The van der Waals surface area contributed by atoms with Gasteiger partial charge in [-0.1, -0.05) is 56.3 Å². The quantitative estimate of drug-likeness (QED) is 0.131. The lowest BCUT2D eigenvalue weighted by Gasteiger charge is -2.44. The smallest absolute Gasteiger partial charge is 0.417 e. The minimum atomic E-state index is -1.33. The van der Waals surface area contributed by atoms with Crippen molar-refractivity contribution in [2.24, 2.45) is 5.41 Å². The van der Waals surface area contributed by atoms with E-state index in [-0.39, 0.29) is 31.2 Å². The first kappa shape index (κ1) is 40.9. The van der Waals surface area contributed by atoms with Crippen LogP contribution in [0.3, 0.4) is 0 Å². The zero-order chi connectivity index (χ0) is 41.1. The maximum absolute atomic E-state index is 15.2. The Morgan fingerprint density at radius 3 is 2.29 bits per heavy atom. The first-order valence-electron chi connectivity index (χ1n) is 19.0. The Morgan fingerprint density at radius 2 is 1.60 bits per heavy atom. The standard InChI is InChI=1S/C44H47FN2O10S/c1-42(2,3)57-37(48)23-51-33-18-11-29(12-19-33)38(46-32-16-14-31(45)15-17-32)39(40(49)47-34(22-52-41(47)50)28-9-7-6-8-10-28)58-26-44(55-24-43(4,5)25-56-44)30-13-20-35-36(21-30)54-27-53-35/h6-21,34,38-39,46H,22-27H2,1-5H3/t34-,38-,39-/m1/s1. The van der Waals surface area contributed by atoms with Gasteiger partial charge >= 0.3 is 12.1 Å². The molecule has 1 N–H and O–H groups in total. The summed E-state index contributed by atoms with van der Waals surface area (Å²) in [7, 11) is 0. The minimum absolute atomic E-state index is 0.0197. The fourth-order valence-electron chi connectivity index (χ4n) is 6.75. The Labute approximate surface area is 341 Å². The number of rotatable bonds is 13. The van der Waals surface area contributed by atoms with Gasteiger partial charge in [0.05, 0.1) is 25.0 Å². The number of esters is 1. The van der Waals surface area contributed by atoms with Crippen molar-refractivity contribution in [1.29, 1.82) is 0 Å². The SMILES string of the molecule is CC1(C)COC(CS[C@@H](C(=O)N2C(=O)OC[C@@H]2c2ccccc2)[C@H](Nc2ccc(F)cc2)c2ccc(OCC(=O)OC(C)(C)C)cc2)(c2ccc3c(c2)OCO3)OC1. The van der Waals surface area contributed by atoms with Gasteiger partial charge in [-0.2, -0.15) is 0 Å². The summed E-state index contributed by atoms with van der Waals surface area (Å²) in [4.78, 5) is 42.4. The number of hydrogen-bond acceptors (Lipinski definition) is 12. The van der Waals surface area contributed by atoms with Crippen molar-refractivity contribution >= 4 is 35.4 Å². The van der Waals surface area contributed by atoms with E-state index in [1.807, 2.05) is 56.3 Å². The summed E-state index contributed by atoms with van der Waals surface area (Å²) in [5, 5.41) is 2.42. The van der Waals surface area contributed by atoms with E-state index in [0.717, 1.165) is 5.56 Å². The zero-order valence-corrected chi connectivity index (χ0v) is 33.8. The monoisotopic (exact) mass is 814 g/mol. The van der Waals surface area contributed by atoms with Gasteiger partial charge in [-0.3, -0.25) is 4.79 Å². The predicted octanol–water partition coefficient (Wildman–Crippen LogP) is 8.18. The number of amides is 2. The fraction of sp³-hybridized carbons (Fsp3) is 0.386. The highest BCUT2D eigenvalue weighted by Crippen LogP contribution is 2.46. The van der Waals surface area contributed by atoms with Crippen molar-refractivity contribution in [3.8, 4) is 17.2 Å². The highest BCUT2D eigenvalue weighted by molar-refractivity contribution is 8.00. The lowest BCUT2D eigenvalue weighted by molar-refractivity contribution is -0.295. The maximum atomic E-state index is 15.2. The minimum Gasteiger partial charge on any atom is -0.482 e. The number of nitrogens with zero attached hydrogens (tertiary/aromatic N) is 1. The fourth-order valence-corrected chi connectivity index (χ4v) is 8.16. The number of nitrogens with one attached hydrogen (secondary N) is 1. The number of hydrogen-bond donors (Lipinski definition) is 1. The normalized spacial score (nSPS) is 19.2. The van der Waals surface area contributed by atoms with E-state index in [9.17, 15) is 14.0 Å². The number of thioether (sulfide) groups is 1. The third-order valence-corrected chi connectivity index (χ3v) is 11.1. The molecule has 3 heterocycles. The number of anilines is 1. The number of halogens is 1. The topological polar surface area (TPSA) is 131 Å². The molecule has 14 heteroatoms. The summed E-state index contributed by atoms with van der Waals surface area (Å²) in [6.45, 7) is 9.89. The molecule has 7 rings (SSSR count). The van der Waals surface area contributed by atoms with Crippen LogP contribution in [0.5, 0.6) is 17.2 Å². The van der Waals surface area contributed by atoms with E-state index >= 15 is 4.79 Å². The van der Waals surface area contributed by atoms with Gasteiger partial charge in [-0.05, 0) is 86.5 Å². The lowest BCUT2D eigenvalue weighted by Crippen LogP contribution is -2.49. The third kappa shape index (κ3) is 9.52. The molecule has 2 fully saturated rings. The van der Waals surface area contributed by atoms with Gasteiger partial charge in [-0.25, -0.2) is 18.9 Å². The number of cyclic esters (lactones) is 1. The summed E-state index contributed by atoms with van der Waals surface area (Å²) in [6, 6.07) is 25.9. The van der Waals surface area contributed by atoms with E-state index in [1.54, 1.807) is 63.2 Å². The molecule has 0 aliphatic carbocycles. The molecule has 0 radical (unpaired) electrons. The summed E-state index contributed by atoms with van der Waals surface area (Å²) >= 11 is 1.25. The van der Waals surface area contributed by atoms with Crippen LogP contribution in [-0.4, -0.2) is 72.7 Å². The molecular weight excluding hydrogens is 768 g/mol. The summed E-state index contributed by atoms with van der Waals surface area (Å²) in [6.07, 6.45) is -0.770. The average Bonchev–Trinajstić information content (AvgIpc) is 3.84. The van der Waals surface area contributed by atoms with E-state index in [0.29, 0.717) is 47.3 Å². The Bertz CT molecular complexity index is 2080. The number of imide groups is 1. The lowest BCUT2D eigenvalue weighted by atomic mass is 9.93. The Balaban J connectivity index is 1.27. The molecule has 0 spiro atoms. The van der Waals surface area contributed by atoms with Gasteiger partial charge in [-0.15, -0.1) is 11.8 Å². The molecule has 58 heavy (non-hydrogen) atoms. The van der Waals surface area contributed by atoms with Crippen molar-refractivity contribution in [3.05, 3.63) is 120 Å². The number of carbonyl (C=O) groups excluding carboxylic acids is 3. The number of ether oxygens (including phenoxy) is 7. The van der Waals surface area contributed by atoms with Crippen LogP contribution in [-0.2, 0) is 34.3 Å². The number of fused-ring (bicyclic) bond motifs is 1. The Kier molecular flexibility index (Phi) is 11.9. The molecule has 0 saturated carbocycles. The molecule has 3 aliphatic rings. The van der Waals surface area contributed by atoms with E-state index in [4.69, 9.17) is 33.2 Å². The van der Waals surface area contributed by atoms with Crippen LogP contribution in [0.25, 0.3) is 0 Å². The molecule has 306 valence electrons. The molecule has 3 atom stereocenters. The van der Waals surface area contributed by atoms with Crippen molar-refractivity contribution in [1.82, 2.24) is 4.90 Å². The van der Waals surface area contributed by atoms with E-state index in [1.165, 1.54) is 28.8 Å². The highest BCUT2D eigenvalue weighted by Gasteiger charge is 2.48. The van der Waals surface area contributed by atoms with Crippen LogP contribution in [0.15, 0.2) is 97.1 Å². The van der Waals surface area contributed by atoms with Crippen molar-refractivity contribution in [3.63, 3.8) is 0 Å². The Morgan fingerprint density at radius 1 is 0.914 bits per heavy atom.